The molecule has 1 aliphatic carbocycles. The third-order valence-electron chi connectivity index (χ3n) is 4.57. The minimum atomic E-state index is -0.798. The Kier molecular flexibility index (Phi) is 5.57. The zero-order chi connectivity index (χ0) is 20.3. The van der Waals surface area contributed by atoms with E-state index in [1.54, 1.807) is 31.3 Å². The van der Waals surface area contributed by atoms with Crippen molar-refractivity contribution in [3.05, 3.63) is 29.8 Å². The molecule has 1 fully saturated rings. The molecule has 10 nitrogen and oxygen atoms in total. The molecule has 4 N–H and O–H groups in total. The number of carboxylic acid groups (broad SMARTS) is 1. The summed E-state index contributed by atoms with van der Waals surface area (Å²) in [5.74, 6) is 0.477. The van der Waals surface area contributed by atoms with Crippen LogP contribution >= 0.6 is 0 Å². The number of rotatable bonds is 7. The molecule has 0 spiro atoms. The summed E-state index contributed by atoms with van der Waals surface area (Å²) in [5.41, 5.74) is 0.344. The summed E-state index contributed by atoms with van der Waals surface area (Å²) < 4.78 is 0. The molecule has 2 aromatic heterocycles. The quantitative estimate of drug-likeness (QED) is 0.560. The van der Waals surface area contributed by atoms with Crippen molar-refractivity contribution in [1.82, 2.24) is 15.2 Å². The van der Waals surface area contributed by atoms with Gasteiger partial charge in [0.1, 0.15) is 11.6 Å². The van der Waals surface area contributed by atoms with E-state index < -0.39 is 5.97 Å². The first-order valence-corrected chi connectivity index (χ1v) is 8.88. The van der Waals surface area contributed by atoms with Crippen LogP contribution in [0.4, 0.5) is 23.3 Å². The van der Waals surface area contributed by atoms with Crippen LogP contribution in [0.3, 0.4) is 0 Å². The minimum absolute atomic E-state index is 0.0357. The maximum absolute atomic E-state index is 12.7. The lowest BCUT2D eigenvalue weighted by molar-refractivity contribution is -0.144. The molecule has 2 heterocycles. The number of aromatic nitrogens is 3. The number of nitrogens with zero attached hydrogens (tertiary/aromatic N) is 4. The minimum Gasteiger partial charge on any atom is -0.481 e. The SMILES string of the molecule is CNc1ccc(C(=O)Nc2ccc(N(C)C)nn2)c(NC2CC(C(=O)O)C2)n1. The largest absolute Gasteiger partial charge is 0.481 e. The smallest absolute Gasteiger partial charge is 0.306 e. The highest BCUT2D eigenvalue weighted by Gasteiger charge is 2.35. The second-order valence-corrected chi connectivity index (χ2v) is 6.82. The van der Waals surface area contributed by atoms with Crippen molar-refractivity contribution in [3.63, 3.8) is 0 Å². The first kappa shape index (κ1) is 19.3. The average molecular weight is 385 g/mol. The molecule has 0 aliphatic heterocycles. The molecule has 1 amide bonds. The highest BCUT2D eigenvalue weighted by atomic mass is 16.4. The lowest BCUT2D eigenvalue weighted by Gasteiger charge is -2.33. The van der Waals surface area contributed by atoms with Crippen molar-refractivity contribution in [1.29, 1.82) is 0 Å². The molecule has 148 valence electrons. The van der Waals surface area contributed by atoms with Gasteiger partial charge < -0.3 is 26.0 Å². The van der Waals surface area contributed by atoms with Gasteiger partial charge >= 0.3 is 5.97 Å². The van der Waals surface area contributed by atoms with Crippen LogP contribution in [0.1, 0.15) is 23.2 Å². The van der Waals surface area contributed by atoms with Gasteiger partial charge in [-0.25, -0.2) is 4.98 Å². The van der Waals surface area contributed by atoms with Crippen LogP contribution in [0, 0.1) is 5.92 Å². The van der Waals surface area contributed by atoms with Crippen LogP contribution in [0.2, 0.25) is 0 Å². The predicted molar refractivity (Wildman–Crippen MR) is 106 cm³/mol. The Morgan fingerprint density at radius 2 is 1.82 bits per heavy atom. The summed E-state index contributed by atoms with van der Waals surface area (Å²) in [6.07, 6.45) is 0.999. The standard InChI is InChI=1S/C18H23N7O3/c1-19-13-5-4-12(16(21-13)20-11-8-10(9-11)18(27)28)17(26)22-14-6-7-15(24-23-14)25(2)3/h4-7,10-11H,8-9H2,1-3H3,(H,27,28)(H2,19,20,21)(H,22,23,26). The van der Waals surface area contributed by atoms with Crippen LogP contribution in [-0.4, -0.2) is 59.3 Å². The van der Waals surface area contributed by atoms with Crippen LogP contribution in [0.25, 0.3) is 0 Å². The molecule has 2 aromatic rings. The molecule has 3 rings (SSSR count). The average Bonchev–Trinajstić information content (AvgIpc) is 2.64. The van der Waals surface area contributed by atoms with Crippen molar-refractivity contribution in [2.75, 3.05) is 42.0 Å². The van der Waals surface area contributed by atoms with E-state index in [1.807, 2.05) is 19.0 Å². The summed E-state index contributed by atoms with van der Waals surface area (Å²) in [5, 5.41) is 25.9. The predicted octanol–water partition coefficient (Wildman–Crippen LogP) is 1.51. The molecule has 28 heavy (non-hydrogen) atoms. The van der Waals surface area contributed by atoms with E-state index in [0.717, 1.165) is 0 Å². The van der Waals surface area contributed by atoms with Gasteiger partial charge in [-0.3, -0.25) is 9.59 Å². The molecule has 0 atom stereocenters. The second kappa shape index (κ2) is 8.07. The monoisotopic (exact) mass is 385 g/mol. The maximum atomic E-state index is 12.7. The number of carbonyl (C=O) groups is 2. The van der Waals surface area contributed by atoms with Gasteiger partial charge in [0.2, 0.25) is 0 Å². The van der Waals surface area contributed by atoms with Crippen molar-refractivity contribution in [3.8, 4) is 0 Å². The molecule has 0 bridgehead atoms. The molecule has 0 unspecified atom stereocenters. The lowest BCUT2D eigenvalue weighted by Crippen LogP contribution is -2.40. The molecule has 0 saturated heterocycles. The van der Waals surface area contributed by atoms with Crippen LogP contribution in [0.15, 0.2) is 24.3 Å². The van der Waals surface area contributed by atoms with Gasteiger partial charge in [-0.05, 0) is 37.1 Å². The van der Waals surface area contributed by atoms with E-state index in [1.165, 1.54) is 0 Å². The van der Waals surface area contributed by atoms with Crippen molar-refractivity contribution >= 4 is 35.1 Å². The number of hydrogen-bond acceptors (Lipinski definition) is 8. The third-order valence-corrected chi connectivity index (χ3v) is 4.57. The summed E-state index contributed by atoms with van der Waals surface area (Å²) in [4.78, 5) is 29.9. The van der Waals surface area contributed by atoms with Crippen molar-refractivity contribution < 1.29 is 14.7 Å². The molecule has 10 heteroatoms. The maximum Gasteiger partial charge on any atom is 0.306 e. The van der Waals surface area contributed by atoms with Gasteiger partial charge in [0, 0.05) is 27.2 Å². The van der Waals surface area contributed by atoms with Crippen LogP contribution in [-0.2, 0) is 4.79 Å². The number of amides is 1. The van der Waals surface area contributed by atoms with Gasteiger partial charge in [-0.1, -0.05) is 0 Å². The fourth-order valence-corrected chi connectivity index (χ4v) is 2.84. The molecule has 1 saturated carbocycles. The summed E-state index contributed by atoms with van der Waals surface area (Å²) in [7, 11) is 5.44. The van der Waals surface area contributed by atoms with E-state index >= 15 is 0 Å². The van der Waals surface area contributed by atoms with E-state index in [2.05, 4.69) is 31.1 Å². The molecule has 0 aromatic carbocycles. The Labute approximate surface area is 162 Å². The van der Waals surface area contributed by atoms with Crippen molar-refractivity contribution in [2.24, 2.45) is 5.92 Å². The number of pyridine rings is 1. The Balaban J connectivity index is 1.74. The number of hydrogen-bond donors (Lipinski definition) is 4. The van der Waals surface area contributed by atoms with Gasteiger partial charge in [0.05, 0.1) is 11.5 Å². The topological polar surface area (TPSA) is 132 Å². The first-order chi connectivity index (χ1) is 13.4. The second-order valence-electron chi connectivity index (χ2n) is 6.82. The first-order valence-electron chi connectivity index (χ1n) is 8.88. The Bertz CT molecular complexity index is 864. The molecule has 1 aliphatic rings. The van der Waals surface area contributed by atoms with E-state index in [4.69, 9.17) is 5.11 Å². The number of nitrogens with one attached hydrogen (secondary N) is 3. The van der Waals surface area contributed by atoms with Gasteiger partial charge in [0.25, 0.3) is 5.91 Å². The molecular formula is C18H23N7O3. The third kappa shape index (κ3) is 4.27. The fourth-order valence-electron chi connectivity index (χ4n) is 2.84. The van der Waals surface area contributed by atoms with Crippen molar-refractivity contribution in [2.45, 2.75) is 18.9 Å². The Morgan fingerprint density at radius 1 is 1.11 bits per heavy atom. The van der Waals surface area contributed by atoms with E-state index in [0.29, 0.717) is 41.7 Å². The number of carboxylic acids is 1. The zero-order valence-electron chi connectivity index (χ0n) is 15.9. The Morgan fingerprint density at radius 3 is 2.39 bits per heavy atom. The normalized spacial score (nSPS) is 18.0. The van der Waals surface area contributed by atoms with Crippen LogP contribution in [0.5, 0.6) is 0 Å². The molecule has 0 radical (unpaired) electrons. The molecular weight excluding hydrogens is 362 g/mol. The fraction of sp³-hybridized carbons (Fsp3) is 0.389. The summed E-state index contributed by atoms with van der Waals surface area (Å²) in [6, 6.07) is 6.75. The van der Waals surface area contributed by atoms with Gasteiger partial charge in [0.15, 0.2) is 11.6 Å². The number of anilines is 4. The Hall–Kier alpha value is -3.43. The van der Waals surface area contributed by atoms with Crippen LogP contribution < -0.4 is 20.9 Å². The van der Waals surface area contributed by atoms with E-state index in [9.17, 15) is 9.59 Å². The number of carbonyl (C=O) groups excluding carboxylic acids is 1. The summed E-state index contributed by atoms with van der Waals surface area (Å²) in [6.45, 7) is 0. The van der Waals surface area contributed by atoms with E-state index in [-0.39, 0.29) is 17.9 Å². The lowest BCUT2D eigenvalue weighted by atomic mass is 9.80. The highest BCUT2D eigenvalue weighted by molar-refractivity contribution is 6.07. The van der Waals surface area contributed by atoms with Gasteiger partial charge in [-0.2, -0.15) is 0 Å². The highest BCUT2D eigenvalue weighted by Crippen LogP contribution is 2.31. The summed E-state index contributed by atoms with van der Waals surface area (Å²) >= 11 is 0. The van der Waals surface area contributed by atoms with Gasteiger partial charge in [-0.15, -0.1) is 10.2 Å². The zero-order valence-corrected chi connectivity index (χ0v) is 15.9. The number of aliphatic carboxylic acids is 1.